The summed E-state index contributed by atoms with van der Waals surface area (Å²) in [5, 5.41) is 3.50. The number of nitrogens with zero attached hydrogens (tertiary/aromatic N) is 3. The number of alkyl halides is 3. The van der Waals surface area contributed by atoms with Crippen molar-refractivity contribution in [2.75, 3.05) is 37.6 Å². The molecule has 1 aromatic heterocycles. The van der Waals surface area contributed by atoms with Crippen LogP contribution < -0.4 is 10.2 Å². The first-order valence-electron chi connectivity index (χ1n) is 8.71. The molecule has 1 aromatic rings. The van der Waals surface area contributed by atoms with Crippen molar-refractivity contribution in [1.82, 2.24) is 15.2 Å². The number of anilines is 1. The highest BCUT2D eigenvalue weighted by Gasteiger charge is 2.34. The van der Waals surface area contributed by atoms with Crippen molar-refractivity contribution in [2.45, 2.75) is 44.3 Å². The summed E-state index contributed by atoms with van der Waals surface area (Å²) < 4.78 is 38.0. The number of carbonyl (C=O) groups is 1. The second-order valence-corrected chi connectivity index (χ2v) is 7.68. The maximum absolute atomic E-state index is 12.7. The van der Waals surface area contributed by atoms with Crippen molar-refractivity contribution in [1.29, 1.82) is 0 Å². The lowest BCUT2D eigenvalue weighted by atomic mass is 9.95. The Balaban J connectivity index is 1.43. The highest BCUT2D eigenvalue weighted by atomic mass is 32.1. The Morgan fingerprint density at radius 1 is 1.20 bits per heavy atom. The van der Waals surface area contributed by atoms with Crippen LogP contribution in [0.4, 0.5) is 18.3 Å². The van der Waals surface area contributed by atoms with Crippen LogP contribution >= 0.6 is 11.3 Å². The summed E-state index contributed by atoms with van der Waals surface area (Å²) in [5.74, 6) is 0.0500. The lowest BCUT2D eigenvalue weighted by molar-refractivity contribution is -0.134. The number of piperazine rings is 1. The molecule has 25 heavy (non-hydrogen) atoms. The highest BCUT2D eigenvalue weighted by molar-refractivity contribution is 7.15. The summed E-state index contributed by atoms with van der Waals surface area (Å²) in [6, 6.07) is 0.304. The van der Waals surface area contributed by atoms with Crippen molar-refractivity contribution >= 4 is 22.4 Å². The molecule has 1 N–H and O–H groups in total. The Morgan fingerprint density at radius 3 is 2.48 bits per heavy atom. The van der Waals surface area contributed by atoms with Crippen LogP contribution in [0.25, 0.3) is 0 Å². The van der Waals surface area contributed by atoms with E-state index in [0.717, 1.165) is 19.0 Å². The molecule has 5 nitrogen and oxygen atoms in total. The van der Waals surface area contributed by atoms with E-state index in [1.807, 2.05) is 9.80 Å². The first-order chi connectivity index (χ1) is 11.9. The summed E-state index contributed by atoms with van der Waals surface area (Å²) in [5.41, 5.74) is 0. The Morgan fingerprint density at radius 2 is 1.88 bits per heavy atom. The van der Waals surface area contributed by atoms with E-state index in [1.54, 1.807) is 0 Å². The number of rotatable bonds is 4. The minimum Gasteiger partial charge on any atom is -0.352 e. The van der Waals surface area contributed by atoms with Gasteiger partial charge in [-0.3, -0.25) is 9.69 Å². The van der Waals surface area contributed by atoms with Crippen molar-refractivity contribution in [3.63, 3.8) is 0 Å². The second-order valence-electron chi connectivity index (χ2n) is 6.67. The Labute approximate surface area is 149 Å². The number of thiazole rings is 1. The van der Waals surface area contributed by atoms with Gasteiger partial charge in [-0.15, -0.1) is 0 Å². The lowest BCUT2D eigenvalue weighted by Gasteiger charge is -2.34. The van der Waals surface area contributed by atoms with E-state index in [0.29, 0.717) is 55.2 Å². The molecule has 0 bridgehead atoms. The predicted molar refractivity (Wildman–Crippen MR) is 90.8 cm³/mol. The van der Waals surface area contributed by atoms with E-state index >= 15 is 0 Å². The zero-order chi connectivity index (χ0) is 17.9. The zero-order valence-corrected chi connectivity index (χ0v) is 14.8. The molecular weight excluding hydrogens is 353 g/mol. The third-order valence-corrected chi connectivity index (χ3v) is 5.86. The van der Waals surface area contributed by atoms with Crippen LogP contribution in [0.3, 0.4) is 0 Å². The molecule has 2 heterocycles. The van der Waals surface area contributed by atoms with Gasteiger partial charge in [0.1, 0.15) is 4.88 Å². The number of halogens is 3. The van der Waals surface area contributed by atoms with Gasteiger partial charge in [0.2, 0.25) is 5.91 Å². The fraction of sp³-hybridized carbons (Fsp3) is 0.750. The van der Waals surface area contributed by atoms with Crippen LogP contribution in [-0.2, 0) is 11.0 Å². The molecule has 0 aromatic carbocycles. The average Bonchev–Trinajstić information content (AvgIpc) is 3.07. The molecule has 0 unspecified atom stereocenters. The van der Waals surface area contributed by atoms with Gasteiger partial charge in [-0.05, 0) is 12.8 Å². The molecule has 1 saturated heterocycles. The van der Waals surface area contributed by atoms with Crippen LogP contribution in [0, 0.1) is 0 Å². The monoisotopic (exact) mass is 376 g/mol. The van der Waals surface area contributed by atoms with E-state index in [4.69, 9.17) is 0 Å². The zero-order valence-electron chi connectivity index (χ0n) is 14.0. The largest absolute Gasteiger partial charge is 0.427 e. The van der Waals surface area contributed by atoms with Gasteiger partial charge in [-0.25, -0.2) is 4.98 Å². The van der Waals surface area contributed by atoms with Gasteiger partial charge in [0.05, 0.1) is 12.7 Å². The maximum atomic E-state index is 12.7. The number of carbonyl (C=O) groups excluding carboxylic acids is 1. The lowest BCUT2D eigenvalue weighted by Crippen LogP contribution is -2.50. The van der Waals surface area contributed by atoms with Gasteiger partial charge in [0, 0.05) is 32.2 Å². The molecule has 0 spiro atoms. The van der Waals surface area contributed by atoms with Crippen molar-refractivity contribution in [3.05, 3.63) is 11.1 Å². The predicted octanol–water partition coefficient (Wildman–Crippen LogP) is 2.73. The Hall–Kier alpha value is -1.35. The van der Waals surface area contributed by atoms with Crippen LogP contribution in [0.5, 0.6) is 0 Å². The van der Waals surface area contributed by atoms with Gasteiger partial charge in [0.15, 0.2) is 5.13 Å². The number of aromatic nitrogens is 1. The molecule has 1 aliphatic heterocycles. The topological polar surface area (TPSA) is 48.5 Å². The first-order valence-corrected chi connectivity index (χ1v) is 9.53. The molecule has 2 fully saturated rings. The molecule has 140 valence electrons. The Kier molecular flexibility index (Phi) is 5.83. The van der Waals surface area contributed by atoms with Gasteiger partial charge in [-0.1, -0.05) is 30.6 Å². The van der Waals surface area contributed by atoms with E-state index in [1.165, 1.54) is 19.3 Å². The van der Waals surface area contributed by atoms with Crippen LogP contribution in [-0.4, -0.2) is 54.6 Å². The summed E-state index contributed by atoms with van der Waals surface area (Å²) in [7, 11) is 0. The number of nitrogens with one attached hydrogen (secondary N) is 1. The highest BCUT2D eigenvalue weighted by Crippen LogP contribution is 2.36. The molecule has 3 rings (SSSR count). The molecular formula is C16H23F3N4OS. The molecule has 9 heteroatoms. The number of amides is 1. The van der Waals surface area contributed by atoms with Gasteiger partial charge in [-0.2, -0.15) is 13.2 Å². The van der Waals surface area contributed by atoms with Crippen LogP contribution in [0.2, 0.25) is 0 Å². The first kappa shape index (κ1) is 18.4. The third-order valence-electron chi connectivity index (χ3n) is 4.75. The van der Waals surface area contributed by atoms with Crippen LogP contribution in [0.1, 0.15) is 37.0 Å². The minimum atomic E-state index is -4.34. The van der Waals surface area contributed by atoms with Crippen molar-refractivity contribution in [2.24, 2.45) is 0 Å². The quantitative estimate of drug-likeness (QED) is 0.878. The second kappa shape index (κ2) is 7.90. The third kappa shape index (κ3) is 5.07. The average molecular weight is 376 g/mol. The summed E-state index contributed by atoms with van der Waals surface area (Å²) in [6.45, 7) is 2.83. The summed E-state index contributed by atoms with van der Waals surface area (Å²) >= 11 is 0.677. The smallest absolute Gasteiger partial charge is 0.352 e. The summed E-state index contributed by atoms with van der Waals surface area (Å²) in [6.07, 6.45) is 2.28. The molecule has 2 aliphatic rings. The fourth-order valence-corrected chi connectivity index (χ4v) is 4.20. The SMILES string of the molecule is O=C(CN1CCN(c2ncc(C(F)(F)F)s2)CC1)NC1CCCCC1. The minimum absolute atomic E-state index is 0.0500. The summed E-state index contributed by atoms with van der Waals surface area (Å²) in [4.78, 5) is 19.3. The van der Waals surface area contributed by atoms with Gasteiger partial charge < -0.3 is 10.2 Å². The van der Waals surface area contributed by atoms with E-state index < -0.39 is 11.1 Å². The molecule has 1 amide bonds. The molecule has 0 radical (unpaired) electrons. The number of hydrogen-bond donors (Lipinski definition) is 1. The van der Waals surface area contributed by atoms with E-state index in [-0.39, 0.29) is 5.91 Å². The van der Waals surface area contributed by atoms with Gasteiger partial charge in [0.25, 0.3) is 0 Å². The van der Waals surface area contributed by atoms with Crippen molar-refractivity contribution in [3.8, 4) is 0 Å². The standard InChI is InChI=1S/C16H23F3N4OS/c17-16(18,19)13-10-20-15(25-13)23-8-6-22(7-9-23)11-14(24)21-12-4-2-1-3-5-12/h10,12H,1-9,11H2,(H,21,24). The number of hydrogen-bond acceptors (Lipinski definition) is 5. The molecule has 1 aliphatic carbocycles. The normalized spacial score (nSPS) is 20.7. The molecule has 0 atom stereocenters. The van der Waals surface area contributed by atoms with Gasteiger partial charge >= 0.3 is 6.18 Å². The van der Waals surface area contributed by atoms with Crippen molar-refractivity contribution < 1.29 is 18.0 Å². The van der Waals surface area contributed by atoms with E-state index in [2.05, 4.69) is 10.3 Å². The van der Waals surface area contributed by atoms with Crippen LogP contribution in [0.15, 0.2) is 6.20 Å². The maximum Gasteiger partial charge on any atom is 0.427 e. The fourth-order valence-electron chi connectivity index (χ4n) is 3.36. The van der Waals surface area contributed by atoms with E-state index in [9.17, 15) is 18.0 Å². The Bertz CT molecular complexity index is 578. The molecule has 1 saturated carbocycles.